The Bertz CT molecular complexity index is 123. The largest absolute Gasteiger partial charge is 0.465 e. The molecule has 0 saturated carbocycles. The van der Waals surface area contributed by atoms with Gasteiger partial charge in [-0.1, -0.05) is 6.58 Å². The summed E-state index contributed by atoms with van der Waals surface area (Å²) in [4.78, 5) is 1.63. The van der Waals surface area contributed by atoms with Crippen LogP contribution in [-0.2, 0) is 4.74 Å². The van der Waals surface area contributed by atoms with Gasteiger partial charge in [-0.2, -0.15) is 0 Å². The van der Waals surface area contributed by atoms with E-state index in [0.29, 0.717) is 6.61 Å². The highest BCUT2D eigenvalue weighted by atomic mass is 16.5. The van der Waals surface area contributed by atoms with Gasteiger partial charge in [0, 0.05) is 12.7 Å². The minimum Gasteiger partial charge on any atom is -0.465 e. The highest BCUT2D eigenvalue weighted by Gasteiger charge is 2.01. The van der Waals surface area contributed by atoms with Crippen molar-refractivity contribution in [2.75, 3.05) is 13.2 Å². The molecule has 0 amide bonds. The Balaban J connectivity index is 3.76. The van der Waals surface area contributed by atoms with Gasteiger partial charge < -0.3 is 9.64 Å². The van der Waals surface area contributed by atoms with Gasteiger partial charge in [-0.05, 0) is 13.8 Å². The first-order valence-electron chi connectivity index (χ1n) is 3.36. The van der Waals surface area contributed by atoms with Crippen LogP contribution in [0.2, 0.25) is 0 Å². The lowest BCUT2D eigenvalue weighted by atomic mass is 10.6. The van der Waals surface area contributed by atoms with E-state index < -0.39 is 0 Å². The predicted octanol–water partition coefficient (Wildman–Crippen LogP) is 1.42. The zero-order valence-electron chi connectivity index (χ0n) is 6.55. The van der Waals surface area contributed by atoms with Gasteiger partial charge >= 0.3 is 0 Å². The van der Waals surface area contributed by atoms with Crippen LogP contribution in [0.15, 0.2) is 12.8 Å². The van der Waals surface area contributed by atoms with Gasteiger partial charge in [-0.15, -0.1) is 0 Å². The Morgan fingerprint density at radius 1 is 1.70 bits per heavy atom. The van der Waals surface area contributed by atoms with Gasteiger partial charge in [-0.3, -0.25) is 5.41 Å². The zero-order chi connectivity index (χ0) is 7.98. The number of nitrogens with one attached hydrogen (secondary N) is 1. The Hall–Kier alpha value is -0.990. The maximum atomic E-state index is 7.28. The van der Waals surface area contributed by atoms with E-state index in [1.165, 1.54) is 0 Å². The van der Waals surface area contributed by atoms with Crippen molar-refractivity contribution in [3.05, 3.63) is 12.8 Å². The van der Waals surface area contributed by atoms with E-state index in [9.17, 15) is 0 Å². The minimum absolute atomic E-state index is 0.167. The fourth-order valence-electron chi connectivity index (χ4n) is 0.575. The molecule has 0 aromatic carbocycles. The molecular weight excluding hydrogens is 128 g/mol. The molecule has 3 nitrogen and oxygen atoms in total. The Morgan fingerprint density at radius 3 is 2.60 bits per heavy atom. The van der Waals surface area contributed by atoms with Crippen LogP contribution in [0, 0.1) is 5.41 Å². The monoisotopic (exact) mass is 142 g/mol. The molecule has 0 aliphatic carbocycles. The topological polar surface area (TPSA) is 36.3 Å². The summed E-state index contributed by atoms with van der Waals surface area (Å²) in [6.07, 6.45) is 1.58. The number of hydrogen-bond acceptors (Lipinski definition) is 2. The third-order valence-electron chi connectivity index (χ3n) is 1.10. The molecule has 58 valence electrons. The second-order valence-electron chi connectivity index (χ2n) is 1.71. The first-order valence-corrected chi connectivity index (χ1v) is 3.36. The molecule has 0 aliphatic rings. The first-order chi connectivity index (χ1) is 4.76. The van der Waals surface area contributed by atoms with Crippen LogP contribution in [-0.4, -0.2) is 24.1 Å². The van der Waals surface area contributed by atoms with Gasteiger partial charge in [0.05, 0.1) is 6.61 Å². The molecule has 0 radical (unpaired) electrons. The number of rotatable bonds is 3. The van der Waals surface area contributed by atoms with Crippen LogP contribution >= 0.6 is 0 Å². The lowest BCUT2D eigenvalue weighted by Gasteiger charge is -2.16. The van der Waals surface area contributed by atoms with Crippen LogP contribution in [0.5, 0.6) is 0 Å². The summed E-state index contributed by atoms with van der Waals surface area (Å²) < 4.78 is 4.92. The summed E-state index contributed by atoms with van der Waals surface area (Å²) in [5.74, 6) is 0. The smallest absolute Gasteiger partial charge is 0.288 e. The second-order valence-corrected chi connectivity index (χ2v) is 1.71. The minimum atomic E-state index is 0.167. The molecule has 0 heterocycles. The van der Waals surface area contributed by atoms with Gasteiger partial charge in [-0.25, -0.2) is 0 Å². The quantitative estimate of drug-likeness (QED) is 0.478. The summed E-state index contributed by atoms with van der Waals surface area (Å²) in [6, 6.07) is 0.167. The van der Waals surface area contributed by atoms with Crippen molar-refractivity contribution < 1.29 is 4.74 Å². The van der Waals surface area contributed by atoms with E-state index in [2.05, 4.69) is 6.58 Å². The van der Waals surface area contributed by atoms with E-state index in [1.54, 1.807) is 11.1 Å². The van der Waals surface area contributed by atoms with Crippen molar-refractivity contribution in [2.45, 2.75) is 13.8 Å². The summed E-state index contributed by atoms with van der Waals surface area (Å²) in [7, 11) is 0. The number of nitrogens with zero attached hydrogens (tertiary/aromatic N) is 1. The Morgan fingerprint density at radius 2 is 2.30 bits per heavy atom. The van der Waals surface area contributed by atoms with Crippen LogP contribution in [0.25, 0.3) is 0 Å². The molecular formula is C7H14N2O. The third-order valence-corrected chi connectivity index (χ3v) is 1.10. The molecule has 1 N–H and O–H groups in total. The molecule has 0 rings (SSSR count). The number of amidine groups is 1. The van der Waals surface area contributed by atoms with Crippen molar-refractivity contribution >= 4 is 6.02 Å². The Kier molecular flexibility index (Phi) is 4.37. The highest BCUT2D eigenvalue weighted by Crippen LogP contribution is 1.90. The van der Waals surface area contributed by atoms with Crippen LogP contribution in [0.1, 0.15) is 13.8 Å². The second kappa shape index (κ2) is 4.85. The average Bonchev–Trinajstić information content (AvgIpc) is 1.91. The van der Waals surface area contributed by atoms with E-state index in [1.807, 2.05) is 13.8 Å². The predicted molar refractivity (Wildman–Crippen MR) is 41.9 cm³/mol. The average molecular weight is 142 g/mol. The molecule has 0 spiro atoms. The summed E-state index contributed by atoms with van der Waals surface area (Å²) in [6.45, 7) is 8.59. The summed E-state index contributed by atoms with van der Waals surface area (Å²) in [5.41, 5.74) is 0. The molecule has 3 heteroatoms. The number of hydrogen-bond donors (Lipinski definition) is 1. The lowest BCUT2D eigenvalue weighted by Crippen LogP contribution is -2.26. The molecule has 0 aromatic rings. The van der Waals surface area contributed by atoms with Gasteiger partial charge in [0.2, 0.25) is 0 Å². The van der Waals surface area contributed by atoms with Crippen molar-refractivity contribution in [3.63, 3.8) is 0 Å². The Labute approximate surface area is 61.8 Å². The van der Waals surface area contributed by atoms with Crippen molar-refractivity contribution in [1.82, 2.24) is 4.90 Å². The van der Waals surface area contributed by atoms with Crippen molar-refractivity contribution in [3.8, 4) is 0 Å². The van der Waals surface area contributed by atoms with E-state index >= 15 is 0 Å². The fraction of sp³-hybridized carbons (Fsp3) is 0.571. The van der Waals surface area contributed by atoms with E-state index in [-0.39, 0.29) is 6.02 Å². The van der Waals surface area contributed by atoms with Gasteiger partial charge in [0.1, 0.15) is 0 Å². The molecule has 0 unspecified atom stereocenters. The normalized spacial score (nSPS) is 8.60. The fourth-order valence-corrected chi connectivity index (χ4v) is 0.575. The maximum absolute atomic E-state index is 7.28. The van der Waals surface area contributed by atoms with E-state index in [0.717, 1.165) is 6.54 Å². The zero-order valence-corrected chi connectivity index (χ0v) is 6.55. The molecule has 0 aliphatic heterocycles. The molecule has 0 saturated heterocycles. The van der Waals surface area contributed by atoms with Crippen LogP contribution in [0.4, 0.5) is 0 Å². The van der Waals surface area contributed by atoms with Crippen molar-refractivity contribution in [2.24, 2.45) is 0 Å². The molecule has 0 aromatic heterocycles. The number of ether oxygens (including phenoxy) is 1. The summed E-state index contributed by atoms with van der Waals surface area (Å²) >= 11 is 0. The molecule has 0 atom stereocenters. The standard InChI is InChI=1S/C7H14N2O/c1-4-9(5-2)7(8)10-6-3/h4,8H,1,5-6H2,2-3H3. The van der Waals surface area contributed by atoms with E-state index in [4.69, 9.17) is 10.1 Å². The lowest BCUT2D eigenvalue weighted by molar-refractivity contribution is 0.270. The SMILES string of the molecule is C=CN(CC)C(=N)OCC. The van der Waals surface area contributed by atoms with Crippen LogP contribution in [0.3, 0.4) is 0 Å². The molecule has 10 heavy (non-hydrogen) atoms. The van der Waals surface area contributed by atoms with Crippen LogP contribution < -0.4 is 0 Å². The maximum Gasteiger partial charge on any atom is 0.288 e. The van der Waals surface area contributed by atoms with Gasteiger partial charge in [0.25, 0.3) is 6.02 Å². The van der Waals surface area contributed by atoms with Gasteiger partial charge in [0.15, 0.2) is 0 Å². The molecule has 0 bridgehead atoms. The third kappa shape index (κ3) is 2.53. The summed E-state index contributed by atoms with van der Waals surface area (Å²) in [5, 5.41) is 7.28. The highest BCUT2D eigenvalue weighted by molar-refractivity contribution is 5.71. The van der Waals surface area contributed by atoms with Crippen molar-refractivity contribution in [1.29, 1.82) is 5.41 Å². The molecule has 0 fully saturated rings. The first kappa shape index (κ1) is 9.01.